The normalized spacial score (nSPS) is 13.3. The standard InChI is InChI=1S/C29H32N4O2S.ClH/c1-2-35-28(34)18-22(26-15-13-20-7-3-4-10-25(20)33-26)17-24-19-36-27(31-24)11-5-9-23-14-12-21-8-6-16-30-29(21)32-23;/h3-4,7,10,12-15,19,22H,2,5-6,8-9,11,16-18H2,1H3,(H,30,32);1H. The number of aromatic nitrogens is 3. The molecule has 0 saturated heterocycles. The summed E-state index contributed by atoms with van der Waals surface area (Å²) in [5.41, 5.74) is 5.32. The highest BCUT2D eigenvalue weighted by atomic mass is 35.5. The Morgan fingerprint density at radius 2 is 1.95 bits per heavy atom. The molecule has 3 aromatic heterocycles. The van der Waals surface area contributed by atoms with Gasteiger partial charge in [-0.1, -0.05) is 30.3 Å². The molecule has 5 rings (SSSR count). The van der Waals surface area contributed by atoms with Gasteiger partial charge in [0.25, 0.3) is 0 Å². The van der Waals surface area contributed by atoms with E-state index in [9.17, 15) is 4.79 Å². The number of aryl methyl sites for hydroxylation is 3. The monoisotopic (exact) mass is 536 g/mol. The Labute approximate surface area is 228 Å². The van der Waals surface area contributed by atoms with Crippen LogP contribution in [-0.2, 0) is 35.2 Å². The number of fused-ring (bicyclic) bond motifs is 2. The number of nitrogens with zero attached hydrogens (tertiary/aromatic N) is 3. The van der Waals surface area contributed by atoms with Crippen LogP contribution in [0.5, 0.6) is 0 Å². The number of halogens is 1. The van der Waals surface area contributed by atoms with Crippen molar-refractivity contribution in [2.24, 2.45) is 0 Å². The van der Waals surface area contributed by atoms with E-state index in [-0.39, 0.29) is 24.3 Å². The summed E-state index contributed by atoms with van der Waals surface area (Å²) in [7, 11) is 0. The third-order valence-corrected chi connectivity index (χ3v) is 7.54. The van der Waals surface area contributed by atoms with Gasteiger partial charge in [0.15, 0.2) is 0 Å². The zero-order valence-electron chi connectivity index (χ0n) is 21.1. The van der Waals surface area contributed by atoms with Crippen molar-refractivity contribution in [3.05, 3.63) is 81.6 Å². The Morgan fingerprint density at radius 1 is 1.05 bits per heavy atom. The molecule has 6 nitrogen and oxygen atoms in total. The second-order valence-corrected chi connectivity index (χ2v) is 10.2. The van der Waals surface area contributed by atoms with E-state index in [1.54, 1.807) is 11.3 Å². The van der Waals surface area contributed by atoms with Crippen LogP contribution in [0.3, 0.4) is 0 Å². The van der Waals surface area contributed by atoms with Crippen LogP contribution in [0.1, 0.15) is 59.8 Å². The van der Waals surface area contributed by atoms with Gasteiger partial charge in [0.2, 0.25) is 0 Å². The molecule has 4 heterocycles. The van der Waals surface area contributed by atoms with E-state index in [0.717, 1.165) is 71.0 Å². The summed E-state index contributed by atoms with van der Waals surface area (Å²) in [5, 5.41) is 7.76. The highest BCUT2D eigenvalue weighted by molar-refractivity contribution is 7.09. The lowest BCUT2D eigenvalue weighted by Gasteiger charge is -2.17. The van der Waals surface area contributed by atoms with Crippen LogP contribution >= 0.6 is 23.7 Å². The van der Waals surface area contributed by atoms with Crippen LogP contribution < -0.4 is 5.32 Å². The van der Waals surface area contributed by atoms with Gasteiger partial charge in [-0.3, -0.25) is 9.78 Å². The van der Waals surface area contributed by atoms with Crippen molar-refractivity contribution in [2.75, 3.05) is 18.5 Å². The lowest BCUT2D eigenvalue weighted by molar-refractivity contribution is -0.143. The zero-order chi connectivity index (χ0) is 24.7. The van der Waals surface area contributed by atoms with Crippen molar-refractivity contribution < 1.29 is 9.53 Å². The molecule has 1 aliphatic heterocycles. The smallest absolute Gasteiger partial charge is 0.306 e. The second kappa shape index (κ2) is 13.0. The topological polar surface area (TPSA) is 77.0 Å². The van der Waals surface area contributed by atoms with Crippen LogP contribution in [0.15, 0.2) is 53.9 Å². The number of nitrogens with one attached hydrogen (secondary N) is 1. The molecule has 194 valence electrons. The van der Waals surface area contributed by atoms with Gasteiger partial charge in [-0.05, 0) is 69.2 Å². The Balaban J connectivity index is 0.00000320. The molecule has 8 heteroatoms. The van der Waals surface area contributed by atoms with Gasteiger partial charge in [0.1, 0.15) is 5.82 Å². The molecule has 1 N–H and O–H groups in total. The minimum Gasteiger partial charge on any atom is -0.466 e. The minimum atomic E-state index is -0.194. The lowest BCUT2D eigenvalue weighted by Crippen LogP contribution is -2.14. The predicted octanol–water partition coefficient (Wildman–Crippen LogP) is 6.32. The van der Waals surface area contributed by atoms with Crippen LogP contribution in [0, 0.1) is 0 Å². The van der Waals surface area contributed by atoms with Gasteiger partial charge in [-0.15, -0.1) is 23.7 Å². The van der Waals surface area contributed by atoms with E-state index in [0.29, 0.717) is 19.4 Å². The average molecular weight is 537 g/mol. The summed E-state index contributed by atoms with van der Waals surface area (Å²) in [6.45, 7) is 3.23. The number of rotatable bonds is 10. The number of carbonyl (C=O) groups excluding carboxylic acids is 1. The largest absolute Gasteiger partial charge is 0.466 e. The quantitative estimate of drug-likeness (QED) is 0.239. The maximum absolute atomic E-state index is 12.4. The summed E-state index contributed by atoms with van der Waals surface area (Å²) < 4.78 is 5.26. The second-order valence-electron chi connectivity index (χ2n) is 9.27. The average Bonchev–Trinajstić information content (AvgIpc) is 3.35. The number of benzene rings is 1. The fourth-order valence-electron chi connectivity index (χ4n) is 4.75. The van der Waals surface area contributed by atoms with Crippen LogP contribution in [-0.4, -0.2) is 34.1 Å². The van der Waals surface area contributed by atoms with Gasteiger partial charge in [-0.25, -0.2) is 9.97 Å². The Kier molecular flexibility index (Phi) is 9.47. The van der Waals surface area contributed by atoms with Gasteiger partial charge >= 0.3 is 5.97 Å². The molecular weight excluding hydrogens is 504 g/mol. The molecule has 0 spiro atoms. The number of hydrogen-bond donors (Lipinski definition) is 1. The molecule has 1 aliphatic rings. The summed E-state index contributed by atoms with van der Waals surface area (Å²) in [4.78, 5) is 26.9. The Hall–Kier alpha value is -3.03. The van der Waals surface area contributed by atoms with Crippen molar-refractivity contribution in [2.45, 2.75) is 57.8 Å². The number of esters is 1. The Morgan fingerprint density at radius 3 is 2.84 bits per heavy atom. The van der Waals surface area contributed by atoms with Crippen molar-refractivity contribution in [3.8, 4) is 0 Å². The van der Waals surface area contributed by atoms with Crippen LogP contribution in [0.2, 0.25) is 0 Å². The minimum absolute atomic E-state index is 0. The highest BCUT2D eigenvalue weighted by Gasteiger charge is 2.21. The maximum atomic E-state index is 12.4. The number of hydrogen-bond acceptors (Lipinski definition) is 7. The number of para-hydroxylation sites is 1. The molecule has 0 amide bonds. The van der Waals surface area contributed by atoms with Crippen molar-refractivity contribution in [3.63, 3.8) is 0 Å². The van der Waals surface area contributed by atoms with Crippen molar-refractivity contribution in [1.29, 1.82) is 0 Å². The molecule has 0 bridgehead atoms. The lowest BCUT2D eigenvalue weighted by atomic mass is 9.95. The molecule has 0 saturated carbocycles. The van der Waals surface area contributed by atoms with Crippen LogP contribution in [0.4, 0.5) is 5.82 Å². The van der Waals surface area contributed by atoms with Gasteiger partial charge in [0.05, 0.1) is 29.2 Å². The third kappa shape index (κ3) is 7.05. The number of pyridine rings is 2. The maximum Gasteiger partial charge on any atom is 0.306 e. The zero-order valence-corrected chi connectivity index (χ0v) is 22.7. The van der Waals surface area contributed by atoms with E-state index in [1.807, 2.05) is 31.2 Å². The van der Waals surface area contributed by atoms with E-state index < -0.39 is 0 Å². The molecule has 1 aromatic carbocycles. The van der Waals surface area contributed by atoms with Crippen molar-refractivity contribution >= 4 is 46.4 Å². The molecular formula is C29H33ClN4O2S. The Bertz CT molecular complexity index is 1340. The van der Waals surface area contributed by atoms with Gasteiger partial charge < -0.3 is 10.1 Å². The molecule has 1 atom stereocenters. The first-order chi connectivity index (χ1) is 17.7. The molecule has 37 heavy (non-hydrogen) atoms. The predicted molar refractivity (Wildman–Crippen MR) is 152 cm³/mol. The SMILES string of the molecule is CCOC(=O)CC(Cc1csc(CCCc2ccc3c(n2)NCCC3)n1)c1ccc2ccccc2n1.Cl. The molecule has 1 unspecified atom stereocenters. The first kappa shape index (κ1) is 27.0. The molecule has 0 fully saturated rings. The van der Waals surface area contributed by atoms with E-state index in [1.165, 1.54) is 12.0 Å². The fraction of sp³-hybridized carbons (Fsp3) is 0.379. The van der Waals surface area contributed by atoms with Crippen molar-refractivity contribution in [1.82, 2.24) is 15.0 Å². The first-order valence-corrected chi connectivity index (χ1v) is 13.7. The summed E-state index contributed by atoms with van der Waals surface area (Å²) in [5.74, 6) is 0.793. The summed E-state index contributed by atoms with van der Waals surface area (Å²) in [6, 6.07) is 16.5. The molecule has 0 radical (unpaired) electrons. The number of thiazole rings is 1. The molecule has 0 aliphatic carbocycles. The first-order valence-electron chi connectivity index (χ1n) is 12.8. The fourth-order valence-corrected chi connectivity index (χ4v) is 5.60. The molecule has 4 aromatic rings. The van der Waals surface area contributed by atoms with Gasteiger partial charge in [0, 0.05) is 34.6 Å². The van der Waals surface area contributed by atoms with Gasteiger partial charge in [-0.2, -0.15) is 0 Å². The number of carbonyl (C=O) groups is 1. The summed E-state index contributed by atoms with van der Waals surface area (Å²) >= 11 is 1.70. The summed E-state index contributed by atoms with van der Waals surface area (Å²) in [6.07, 6.45) is 6.13. The number of anilines is 1. The highest BCUT2D eigenvalue weighted by Crippen LogP contribution is 2.27. The van der Waals surface area contributed by atoms with E-state index >= 15 is 0 Å². The van der Waals surface area contributed by atoms with Crippen LogP contribution in [0.25, 0.3) is 10.9 Å². The van der Waals surface area contributed by atoms with E-state index in [4.69, 9.17) is 19.7 Å². The number of ether oxygens (including phenoxy) is 1. The third-order valence-electron chi connectivity index (χ3n) is 6.59. The van der Waals surface area contributed by atoms with E-state index in [2.05, 4.69) is 35.0 Å².